The molecular weight excluding hydrogens is 570 g/mol. The van der Waals surface area contributed by atoms with Gasteiger partial charge in [0.1, 0.15) is 0 Å². The first kappa shape index (κ1) is 28.9. The quantitative estimate of drug-likeness (QED) is 0.0817. The highest BCUT2D eigenvalue weighted by Crippen LogP contribution is 2.38. The number of methoxy groups -OCH3 is 1. The average molecular weight is 594 g/mol. The Hall–Kier alpha value is -6.64. The molecule has 3 N–H and O–H groups in total. The summed E-state index contributed by atoms with van der Waals surface area (Å²) in [5, 5.41) is 33.0. The molecule has 0 fully saturated rings. The van der Waals surface area contributed by atoms with E-state index in [1.54, 1.807) is 12.1 Å². The van der Waals surface area contributed by atoms with E-state index in [1.165, 1.54) is 19.4 Å². The van der Waals surface area contributed by atoms with Crippen molar-refractivity contribution in [1.82, 2.24) is 15.0 Å². The van der Waals surface area contributed by atoms with Crippen LogP contribution < -0.4 is 25.5 Å². The Labute approximate surface area is 249 Å². The lowest BCUT2D eigenvalue weighted by atomic mass is 10.2. The number of non-ortho nitro benzene ring substituents is 1. The third kappa shape index (κ3) is 7.35. The first-order valence-electron chi connectivity index (χ1n) is 12.9. The van der Waals surface area contributed by atoms with Gasteiger partial charge in [0, 0.05) is 17.4 Å². The van der Waals surface area contributed by atoms with Gasteiger partial charge in [-0.15, -0.1) is 0 Å². The Morgan fingerprint density at radius 3 is 1.86 bits per heavy atom. The van der Waals surface area contributed by atoms with Gasteiger partial charge in [0.05, 0.1) is 29.2 Å². The van der Waals surface area contributed by atoms with Crippen molar-refractivity contribution in [2.75, 3.05) is 23.2 Å². The molecule has 0 radical (unpaired) electrons. The van der Waals surface area contributed by atoms with E-state index in [2.05, 4.69) is 36.1 Å². The standard InChI is InChI=1S/C29H23N9O6/c1-43-26-16-19(12-14-25(26)44-24-15-13-22(37(39)40)17-23(24)38(41)42)18-30-36-29-34-27(31-20-8-4-2-5-9-20)33-28(35-29)32-21-10-6-3-7-11-21/h2-18H,1H3,(H3,31,32,33,34,35,36)/b30-18+. The molecule has 1 heterocycles. The molecule has 0 aliphatic rings. The Kier molecular flexibility index (Phi) is 8.76. The largest absolute Gasteiger partial charge is 0.493 e. The van der Waals surface area contributed by atoms with Crippen LogP contribution in [0, 0.1) is 20.2 Å². The zero-order chi connectivity index (χ0) is 30.9. The Bertz CT molecular complexity index is 1760. The number of nitro groups is 2. The smallest absolute Gasteiger partial charge is 0.318 e. The van der Waals surface area contributed by atoms with E-state index in [0.29, 0.717) is 5.56 Å². The molecule has 0 saturated heterocycles. The molecule has 220 valence electrons. The van der Waals surface area contributed by atoms with E-state index in [9.17, 15) is 20.2 Å². The van der Waals surface area contributed by atoms with Crippen LogP contribution in [0.3, 0.4) is 0 Å². The maximum atomic E-state index is 11.5. The summed E-state index contributed by atoms with van der Waals surface area (Å²) in [5.41, 5.74) is 3.96. The Balaban J connectivity index is 1.34. The van der Waals surface area contributed by atoms with Gasteiger partial charge in [-0.05, 0) is 54.1 Å². The molecule has 5 aromatic rings. The van der Waals surface area contributed by atoms with Gasteiger partial charge in [-0.2, -0.15) is 20.1 Å². The minimum absolute atomic E-state index is 0.153. The minimum atomic E-state index is -0.760. The fraction of sp³-hybridized carbons (Fsp3) is 0.0345. The van der Waals surface area contributed by atoms with Gasteiger partial charge in [0.15, 0.2) is 11.5 Å². The number of rotatable bonds is 12. The van der Waals surface area contributed by atoms with Gasteiger partial charge in [-0.3, -0.25) is 20.2 Å². The normalized spacial score (nSPS) is 10.7. The van der Waals surface area contributed by atoms with Crippen LogP contribution in [0.25, 0.3) is 0 Å². The van der Waals surface area contributed by atoms with Crippen molar-refractivity contribution in [1.29, 1.82) is 0 Å². The summed E-state index contributed by atoms with van der Waals surface area (Å²) in [6.45, 7) is 0. The number of hydrazone groups is 1. The van der Waals surface area contributed by atoms with Crippen LogP contribution in [-0.2, 0) is 0 Å². The highest BCUT2D eigenvalue weighted by Gasteiger charge is 2.22. The second kappa shape index (κ2) is 13.3. The number of benzene rings is 4. The Morgan fingerprint density at radius 1 is 0.705 bits per heavy atom. The van der Waals surface area contributed by atoms with Crippen LogP contribution in [0.4, 0.5) is 40.6 Å². The summed E-state index contributed by atoms with van der Waals surface area (Å²) in [4.78, 5) is 34.3. The van der Waals surface area contributed by atoms with Crippen LogP contribution in [0.5, 0.6) is 17.2 Å². The number of nitrogens with zero attached hydrogens (tertiary/aromatic N) is 6. The van der Waals surface area contributed by atoms with Crippen LogP contribution in [-0.4, -0.2) is 38.1 Å². The zero-order valence-electron chi connectivity index (χ0n) is 22.9. The van der Waals surface area contributed by atoms with Crippen molar-refractivity contribution < 1.29 is 19.3 Å². The van der Waals surface area contributed by atoms with Gasteiger partial charge in [0.2, 0.25) is 23.6 Å². The molecule has 0 spiro atoms. The van der Waals surface area contributed by atoms with E-state index >= 15 is 0 Å². The number of hydrogen-bond donors (Lipinski definition) is 3. The molecule has 0 bridgehead atoms. The first-order chi connectivity index (χ1) is 21.4. The van der Waals surface area contributed by atoms with Gasteiger partial charge < -0.3 is 20.1 Å². The molecule has 0 aliphatic heterocycles. The number of hydrogen-bond acceptors (Lipinski definition) is 13. The lowest BCUT2D eigenvalue weighted by molar-refractivity contribution is -0.394. The lowest BCUT2D eigenvalue weighted by Crippen LogP contribution is -2.07. The third-order valence-corrected chi connectivity index (χ3v) is 5.83. The number of nitrogens with one attached hydrogen (secondary N) is 3. The molecule has 15 nitrogen and oxygen atoms in total. The van der Waals surface area contributed by atoms with Crippen LogP contribution >= 0.6 is 0 Å². The highest BCUT2D eigenvalue weighted by atomic mass is 16.6. The highest BCUT2D eigenvalue weighted by molar-refractivity contribution is 5.81. The summed E-state index contributed by atoms with van der Waals surface area (Å²) >= 11 is 0. The van der Waals surface area contributed by atoms with Crippen molar-refractivity contribution in [3.63, 3.8) is 0 Å². The summed E-state index contributed by atoms with van der Waals surface area (Å²) in [6.07, 6.45) is 1.49. The summed E-state index contributed by atoms with van der Waals surface area (Å²) in [5.74, 6) is 0.935. The zero-order valence-corrected chi connectivity index (χ0v) is 22.9. The lowest BCUT2D eigenvalue weighted by Gasteiger charge is -2.11. The molecule has 15 heteroatoms. The molecule has 0 amide bonds. The molecule has 44 heavy (non-hydrogen) atoms. The van der Waals surface area contributed by atoms with Crippen molar-refractivity contribution in [3.8, 4) is 17.2 Å². The number of aromatic nitrogens is 3. The van der Waals surface area contributed by atoms with E-state index in [4.69, 9.17) is 9.47 Å². The molecule has 0 saturated carbocycles. The van der Waals surface area contributed by atoms with Crippen molar-refractivity contribution in [2.45, 2.75) is 0 Å². The second-order valence-corrected chi connectivity index (χ2v) is 8.84. The molecular formula is C29H23N9O6. The summed E-state index contributed by atoms with van der Waals surface area (Å²) in [6, 6.07) is 26.7. The van der Waals surface area contributed by atoms with Crippen LogP contribution in [0.15, 0.2) is 102 Å². The maximum absolute atomic E-state index is 11.5. The predicted octanol–water partition coefficient (Wildman–Crippen LogP) is 6.42. The van der Waals surface area contributed by atoms with Crippen LogP contribution in [0.2, 0.25) is 0 Å². The molecule has 0 atom stereocenters. The van der Waals surface area contributed by atoms with Gasteiger partial charge >= 0.3 is 5.69 Å². The minimum Gasteiger partial charge on any atom is -0.493 e. The van der Waals surface area contributed by atoms with Gasteiger partial charge in [-0.1, -0.05) is 36.4 Å². The van der Waals surface area contributed by atoms with Crippen molar-refractivity contribution in [2.24, 2.45) is 5.10 Å². The second-order valence-electron chi connectivity index (χ2n) is 8.84. The number of para-hydroxylation sites is 2. The predicted molar refractivity (Wildman–Crippen MR) is 163 cm³/mol. The molecule has 1 aromatic heterocycles. The number of ether oxygens (including phenoxy) is 2. The van der Waals surface area contributed by atoms with Crippen LogP contribution in [0.1, 0.15) is 5.56 Å². The third-order valence-electron chi connectivity index (χ3n) is 5.83. The Morgan fingerprint density at radius 2 is 1.30 bits per heavy atom. The topological polar surface area (TPSA) is 192 Å². The molecule has 5 rings (SSSR count). The van der Waals surface area contributed by atoms with E-state index in [-0.39, 0.29) is 35.1 Å². The monoisotopic (exact) mass is 593 g/mol. The molecule has 0 aliphatic carbocycles. The van der Waals surface area contributed by atoms with Crippen molar-refractivity contribution in [3.05, 3.63) is 123 Å². The number of anilines is 5. The van der Waals surface area contributed by atoms with E-state index in [0.717, 1.165) is 29.6 Å². The number of nitro benzene ring substituents is 2. The fourth-order valence-corrected chi connectivity index (χ4v) is 3.82. The van der Waals surface area contributed by atoms with Gasteiger partial charge in [0.25, 0.3) is 5.69 Å². The average Bonchev–Trinajstić information content (AvgIpc) is 3.02. The van der Waals surface area contributed by atoms with Crippen molar-refractivity contribution >= 4 is 46.8 Å². The van der Waals surface area contributed by atoms with E-state index in [1.807, 2.05) is 60.7 Å². The van der Waals surface area contributed by atoms with E-state index < -0.39 is 21.2 Å². The summed E-state index contributed by atoms with van der Waals surface area (Å²) < 4.78 is 11.1. The first-order valence-corrected chi connectivity index (χ1v) is 12.9. The molecule has 0 unspecified atom stereocenters. The summed E-state index contributed by atoms with van der Waals surface area (Å²) in [7, 11) is 1.40. The fourth-order valence-electron chi connectivity index (χ4n) is 3.82. The molecule has 4 aromatic carbocycles. The SMILES string of the molecule is COc1cc(/C=N/Nc2nc(Nc3ccccc3)nc(Nc3ccccc3)n2)ccc1Oc1ccc([N+](=O)[O-])cc1[N+](=O)[O-]. The maximum Gasteiger partial charge on any atom is 0.318 e. The van der Waals surface area contributed by atoms with Gasteiger partial charge in [-0.25, -0.2) is 5.43 Å².